The van der Waals surface area contributed by atoms with Gasteiger partial charge in [-0.3, -0.25) is 4.79 Å². The van der Waals surface area contributed by atoms with Gasteiger partial charge in [0.25, 0.3) is 0 Å². The number of methoxy groups -OCH3 is 1. The number of imidazole rings is 1. The lowest BCUT2D eigenvalue weighted by Gasteiger charge is -2.20. The Balaban J connectivity index is 1.91. The predicted octanol–water partition coefficient (Wildman–Crippen LogP) is 0.620. The molecule has 8 nitrogen and oxygen atoms in total. The van der Waals surface area contributed by atoms with Crippen LogP contribution in [0, 0.1) is 0 Å². The topological polar surface area (TPSA) is 130 Å². The number of carboxylic acids is 1. The third kappa shape index (κ3) is 4.56. The normalized spacial score (nSPS) is 13.1. The van der Waals surface area contributed by atoms with Crippen molar-refractivity contribution in [3.8, 4) is 5.75 Å². The minimum absolute atomic E-state index is 0.156. The van der Waals surface area contributed by atoms with Gasteiger partial charge < -0.3 is 25.9 Å². The van der Waals surface area contributed by atoms with Crippen molar-refractivity contribution in [3.05, 3.63) is 48.0 Å². The van der Waals surface area contributed by atoms with E-state index in [1.54, 1.807) is 19.2 Å². The summed E-state index contributed by atoms with van der Waals surface area (Å²) in [5.74, 6) is -0.855. The molecule has 0 saturated carbocycles. The Bertz CT molecular complexity index is 670. The molecular weight excluding hydrogens is 312 g/mol. The van der Waals surface area contributed by atoms with Crippen molar-refractivity contribution in [1.82, 2.24) is 15.3 Å². The molecule has 1 heterocycles. The first-order valence-electron chi connectivity index (χ1n) is 7.40. The van der Waals surface area contributed by atoms with E-state index >= 15 is 0 Å². The molecule has 0 spiro atoms. The summed E-state index contributed by atoms with van der Waals surface area (Å²) in [7, 11) is 1.58. The number of amides is 1. The first kappa shape index (κ1) is 17.5. The number of carbonyl (C=O) groups excluding carboxylic acids is 1. The molecule has 1 aromatic carbocycles. The fourth-order valence-corrected chi connectivity index (χ4v) is 2.23. The predicted molar refractivity (Wildman–Crippen MR) is 86.4 cm³/mol. The molecule has 0 fully saturated rings. The van der Waals surface area contributed by atoms with Gasteiger partial charge in [-0.05, 0) is 24.1 Å². The van der Waals surface area contributed by atoms with Crippen molar-refractivity contribution in [2.45, 2.75) is 24.9 Å². The zero-order valence-electron chi connectivity index (χ0n) is 13.2. The lowest BCUT2D eigenvalue weighted by atomic mass is 10.1. The van der Waals surface area contributed by atoms with Crippen LogP contribution in [0.2, 0.25) is 0 Å². The molecule has 24 heavy (non-hydrogen) atoms. The maximum absolute atomic E-state index is 12.0. The number of aliphatic carboxylic acids is 1. The standard InChI is InChI=1S/C16H20N4O4/c1-24-11-5-2-10(3-6-11)4-7-13(21)20-15(16(22)23)14(17)12-8-18-9-19-12/h2-3,5-6,8-9,14-15H,4,7,17H2,1H3,(H,18,19)(H,20,21)(H,22,23)/t14-,15-/m1/s1. The quantitative estimate of drug-likeness (QED) is 0.560. The van der Waals surface area contributed by atoms with Crippen LogP contribution in [0.1, 0.15) is 23.7 Å². The second-order valence-electron chi connectivity index (χ2n) is 5.25. The van der Waals surface area contributed by atoms with Gasteiger partial charge in [0.1, 0.15) is 11.8 Å². The van der Waals surface area contributed by atoms with Gasteiger partial charge in [0, 0.05) is 12.6 Å². The number of aromatic amines is 1. The van der Waals surface area contributed by atoms with Gasteiger partial charge in [0.2, 0.25) is 5.91 Å². The van der Waals surface area contributed by atoms with Gasteiger partial charge in [-0.2, -0.15) is 0 Å². The van der Waals surface area contributed by atoms with Crippen LogP contribution < -0.4 is 15.8 Å². The number of hydrogen-bond acceptors (Lipinski definition) is 5. The van der Waals surface area contributed by atoms with Gasteiger partial charge in [0.05, 0.1) is 25.2 Å². The Morgan fingerprint density at radius 1 is 1.38 bits per heavy atom. The number of H-pyrrole nitrogens is 1. The number of nitrogens with one attached hydrogen (secondary N) is 2. The minimum Gasteiger partial charge on any atom is -0.497 e. The molecule has 5 N–H and O–H groups in total. The number of benzene rings is 1. The van der Waals surface area contributed by atoms with Crippen LogP contribution >= 0.6 is 0 Å². The first-order chi connectivity index (χ1) is 11.5. The minimum atomic E-state index is -1.24. The van der Waals surface area contributed by atoms with E-state index in [1.165, 1.54) is 12.5 Å². The Hall–Kier alpha value is -2.87. The molecule has 2 atom stereocenters. The highest BCUT2D eigenvalue weighted by Crippen LogP contribution is 2.14. The summed E-state index contributed by atoms with van der Waals surface area (Å²) in [5, 5.41) is 11.7. The number of carboxylic acid groups (broad SMARTS) is 1. The number of nitrogens with zero attached hydrogens (tertiary/aromatic N) is 1. The monoisotopic (exact) mass is 332 g/mol. The SMILES string of the molecule is COc1ccc(CCC(=O)N[C@@H](C(=O)O)[C@H](N)c2c[nH]cn2)cc1. The second-order valence-corrected chi connectivity index (χ2v) is 5.25. The van der Waals surface area contributed by atoms with Crippen LogP contribution in [-0.4, -0.2) is 40.1 Å². The summed E-state index contributed by atoms with van der Waals surface area (Å²) in [6, 6.07) is 5.16. The number of rotatable bonds is 8. The van der Waals surface area contributed by atoms with Crippen molar-refractivity contribution >= 4 is 11.9 Å². The average molecular weight is 332 g/mol. The maximum atomic E-state index is 12.0. The smallest absolute Gasteiger partial charge is 0.328 e. The van der Waals surface area contributed by atoms with Crippen LogP contribution in [0.15, 0.2) is 36.8 Å². The highest BCUT2D eigenvalue weighted by Gasteiger charge is 2.29. The van der Waals surface area contributed by atoms with Crippen molar-refractivity contribution in [3.63, 3.8) is 0 Å². The molecule has 2 rings (SSSR count). The fourth-order valence-electron chi connectivity index (χ4n) is 2.23. The van der Waals surface area contributed by atoms with Gasteiger partial charge in [-0.1, -0.05) is 12.1 Å². The molecule has 0 bridgehead atoms. The Morgan fingerprint density at radius 2 is 2.08 bits per heavy atom. The highest BCUT2D eigenvalue weighted by molar-refractivity contribution is 5.84. The molecule has 0 aliphatic heterocycles. The molecule has 128 valence electrons. The van der Waals surface area contributed by atoms with E-state index in [0.717, 1.165) is 11.3 Å². The highest BCUT2D eigenvalue weighted by atomic mass is 16.5. The Morgan fingerprint density at radius 3 is 2.62 bits per heavy atom. The molecule has 2 aromatic rings. The largest absolute Gasteiger partial charge is 0.497 e. The maximum Gasteiger partial charge on any atom is 0.328 e. The average Bonchev–Trinajstić information content (AvgIpc) is 3.12. The first-order valence-corrected chi connectivity index (χ1v) is 7.40. The van der Waals surface area contributed by atoms with E-state index in [2.05, 4.69) is 15.3 Å². The molecule has 0 saturated heterocycles. The summed E-state index contributed by atoms with van der Waals surface area (Å²) in [4.78, 5) is 30.1. The molecule has 0 aliphatic carbocycles. The number of ether oxygens (including phenoxy) is 1. The van der Waals surface area contributed by atoms with Crippen LogP contribution in [-0.2, 0) is 16.0 Å². The molecular formula is C16H20N4O4. The van der Waals surface area contributed by atoms with Crippen molar-refractivity contribution in [1.29, 1.82) is 0 Å². The third-order valence-corrected chi connectivity index (χ3v) is 3.60. The molecule has 0 aliphatic rings. The Labute approximate surface area is 139 Å². The number of aryl methyl sites for hydroxylation is 1. The van der Waals surface area contributed by atoms with Crippen LogP contribution in [0.4, 0.5) is 0 Å². The lowest BCUT2D eigenvalue weighted by molar-refractivity contribution is -0.142. The van der Waals surface area contributed by atoms with E-state index in [4.69, 9.17) is 10.5 Å². The van der Waals surface area contributed by atoms with E-state index in [0.29, 0.717) is 12.1 Å². The van der Waals surface area contributed by atoms with Crippen LogP contribution in [0.25, 0.3) is 0 Å². The third-order valence-electron chi connectivity index (χ3n) is 3.60. The van der Waals surface area contributed by atoms with Crippen molar-refractivity contribution in [2.75, 3.05) is 7.11 Å². The Kier molecular flexibility index (Phi) is 5.91. The van der Waals surface area contributed by atoms with E-state index < -0.39 is 18.1 Å². The summed E-state index contributed by atoms with van der Waals surface area (Å²) >= 11 is 0. The zero-order valence-corrected chi connectivity index (χ0v) is 13.2. The zero-order chi connectivity index (χ0) is 17.5. The summed E-state index contributed by atoms with van der Waals surface area (Å²) < 4.78 is 5.07. The van der Waals surface area contributed by atoms with Gasteiger partial charge in [-0.25, -0.2) is 9.78 Å². The summed E-state index contributed by atoms with van der Waals surface area (Å²) in [6.07, 6.45) is 3.55. The van der Waals surface area contributed by atoms with Crippen LogP contribution in [0.3, 0.4) is 0 Å². The molecule has 1 aromatic heterocycles. The van der Waals surface area contributed by atoms with Crippen LogP contribution in [0.5, 0.6) is 5.75 Å². The van der Waals surface area contributed by atoms with E-state index in [1.807, 2.05) is 12.1 Å². The fraction of sp³-hybridized carbons (Fsp3) is 0.312. The van der Waals surface area contributed by atoms with Gasteiger partial charge >= 0.3 is 5.97 Å². The molecule has 0 unspecified atom stereocenters. The lowest BCUT2D eigenvalue weighted by Crippen LogP contribution is -2.48. The van der Waals surface area contributed by atoms with Crippen molar-refractivity contribution < 1.29 is 19.4 Å². The number of carbonyl (C=O) groups is 2. The molecule has 0 radical (unpaired) electrons. The second kappa shape index (κ2) is 8.11. The number of nitrogens with two attached hydrogens (primary N) is 1. The molecule has 8 heteroatoms. The van der Waals surface area contributed by atoms with E-state index in [9.17, 15) is 14.7 Å². The number of hydrogen-bond donors (Lipinski definition) is 4. The van der Waals surface area contributed by atoms with Crippen molar-refractivity contribution in [2.24, 2.45) is 5.73 Å². The van der Waals surface area contributed by atoms with Gasteiger partial charge in [-0.15, -0.1) is 0 Å². The molecule has 1 amide bonds. The summed E-state index contributed by atoms with van der Waals surface area (Å²) in [5.41, 5.74) is 7.21. The number of aromatic nitrogens is 2. The van der Waals surface area contributed by atoms with E-state index in [-0.39, 0.29) is 12.3 Å². The summed E-state index contributed by atoms with van der Waals surface area (Å²) in [6.45, 7) is 0. The van der Waals surface area contributed by atoms with Gasteiger partial charge in [0.15, 0.2) is 0 Å².